The lowest BCUT2D eigenvalue weighted by Gasteiger charge is -2.22. The lowest BCUT2D eigenvalue weighted by Crippen LogP contribution is -2.40. The molecule has 1 aliphatic heterocycles. The number of carboxylic acid groups (broad SMARTS) is 1. The molecular weight excluding hydrogens is 270 g/mol. The molecule has 19 heavy (non-hydrogen) atoms. The van der Waals surface area contributed by atoms with Gasteiger partial charge in [0.2, 0.25) is 0 Å². The highest BCUT2D eigenvalue weighted by atomic mass is 35.5. The van der Waals surface area contributed by atoms with E-state index in [4.69, 9.17) is 16.7 Å². The minimum absolute atomic E-state index is 0.0140. The number of carbonyl (C=O) groups is 2. The Morgan fingerprint density at radius 3 is 2.74 bits per heavy atom. The van der Waals surface area contributed by atoms with Crippen LogP contribution in [0.2, 0.25) is 5.02 Å². The summed E-state index contributed by atoms with van der Waals surface area (Å²) in [6.45, 7) is 1.78. The standard InChI is InChI=1S/C13H14ClNO4/c1-7-3-2-4-9(11(7)14)12(17)15-6-8(16)5-10(15)13(18)19/h2-4,8,10,16H,5-6H2,1H3,(H,18,19)/t8-,10+/m1/s1. The van der Waals surface area contributed by atoms with Gasteiger partial charge in [-0.25, -0.2) is 4.79 Å². The number of hydrogen-bond acceptors (Lipinski definition) is 3. The van der Waals surface area contributed by atoms with Crippen LogP contribution in [0.4, 0.5) is 0 Å². The summed E-state index contributed by atoms with van der Waals surface area (Å²) in [5.41, 5.74) is 1.01. The average Bonchev–Trinajstić information content (AvgIpc) is 2.74. The van der Waals surface area contributed by atoms with Gasteiger partial charge in [0.05, 0.1) is 16.7 Å². The van der Waals surface area contributed by atoms with Crippen LogP contribution in [0.15, 0.2) is 18.2 Å². The summed E-state index contributed by atoms with van der Waals surface area (Å²) in [6.07, 6.45) is -0.765. The number of rotatable bonds is 2. The van der Waals surface area contributed by atoms with Crippen LogP contribution in [-0.4, -0.2) is 45.7 Å². The Morgan fingerprint density at radius 2 is 2.11 bits per heavy atom. The number of likely N-dealkylation sites (tertiary alicyclic amines) is 1. The molecule has 1 heterocycles. The molecule has 2 rings (SSSR count). The number of benzene rings is 1. The van der Waals surface area contributed by atoms with Crippen molar-refractivity contribution in [3.05, 3.63) is 34.3 Å². The molecule has 1 fully saturated rings. The molecule has 0 radical (unpaired) electrons. The molecule has 0 aliphatic carbocycles. The van der Waals surface area contributed by atoms with Gasteiger partial charge in [-0.2, -0.15) is 0 Å². The molecule has 5 nitrogen and oxygen atoms in total. The van der Waals surface area contributed by atoms with Crippen molar-refractivity contribution in [1.29, 1.82) is 0 Å². The van der Waals surface area contributed by atoms with Crippen LogP contribution in [0.1, 0.15) is 22.3 Å². The number of nitrogens with zero attached hydrogens (tertiary/aromatic N) is 1. The van der Waals surface area contributed by atoms with Gasteiger partial charge in [-0.05, 0) is 18.6 Å². The van der Waals surface area contributed by atoms with Crippen molar-refractivity contribution in [3.8, 4) is 0 Å². The van der Waals surface area contributed by atoms with Gasteiger partial charge in [0, 0.05) is 13.0 Å². The quantitative estimate of drug-likeness (QED) is 0.858. The molecule has 1 aromatic carbocycles. The predicted octanol–water partition coefficient (Wildman–Crippen LogP) is 1.31. The van der Waals surface area contributed by atoms with E-state index < -0.39 is 24.0 Å². The van der Waals surface area contributed by atoms with Gasteiger partial charge >= 0.3 is 5.97 Å². The lowest BCUT2D eigenvalue weighted by atomic mass is 10.1. The highest BCUT2D eigenvalue weighted by molar-refractivity contribution is 6.34. The van der Waals surface area contributed by atoms with Crippen LogP contribution in [-0.2, 0) is 4.79 Å². The Balaban J connectivity index is 2.33. The third-order valence-electron chi connectivity index (χ3n) is 3.25. The zero-order valence-corrected chi connectivity index (χ0v) is 11.1. The molecule has 6 heteroatoms. The summed E-state index contributed by atoms with van der Waals surface area (Å²) in [4.78, 5) is 24.6. The number of aliphatic carboxylic acids is 1. The summed E-state index contributed by atoms with van der Waals surface area (Å²) in [7, 11) is 0. The smallest absolute Gasteiger partial charge is 0.326 e. The molecule has 2 N–H and O–H groups in total. The first-order chi connectivity index (χ1) is 8.91. The van der Waals surface area contributed by atoms with Crippen LogP contribution in [0.5, 0.6) is 0 Å². The largest absolute Gasteiger partial charge is 0.480 e. The Kier molecular flexibility index (Phi) is 3.78. The van der Waals surface area contributed by atoms with Crippen molar-refractivity contribution in [1.82, 2.24) is 4.90 Å². The second-order valence-electron chi connectivity index (χ2n) is 4.64. The molecule has 1 amide bonds. The number of aliphatic hydroxyl groups excluding tert-OH is 1. The molecule has 1 aliphatic rings. The summed E-state index contributed by atoms with van der Waals surface area (Å²) in [5, 5.41) is 18.9. The SMILES string of the molecule is Cc1cccc(C(=O)N2C[C@H](O)C[C@H]2C(=O)O)c1Cl. The van der Waals surface area contributed by atoms with Crippen LogP contribution >= 0.6 is 11.6 Å². The first kappa shape index (κ1) is 13.8. The van der Waals surface area contributed by atoms with Gasteiger partial charge in [0.1, 0.15) is 6.04 Å². The maximum absolute atomic E-state index is 12.3. The molecule has 1 saturated heterocycles. The van der Waals surface area contributed by atoms with Gasteiger partial charge < -0.3 is 15.1 Å². The molecular formula is C13H14ClNO4. The minimum atomic E-state index is -1.12. The fraction of sp³-hybridized carbons (Fsp3) is 0.385. The van der Waals surface area contributed by atoms with Crippen molar-refractivity contribution >= 4 is 23.5 Å². The normalized spacial score (nSPS) is 22.6. The highest BCUT2D eigenvalue weighted by Crippen LogP contribution is 2.26. The minimum Gasteiger partial charge on any atom is -0.480 e. The van der Waals surface area contributed by atoms with Gasteiger partial charge in [0.15, 0.2) is 0 Å². The zero-order chi connectivity index (χ0) is 14.2. The van der Waals surface area contributed by atoms with E-state index in [2.05, 4.69) is 0 Å². The number of carboxylic acids is 1. The van der Waals surface area contributed by atoms with Crippen molar-refractivity contribution in [2.24, 2.45) is 0 Å². The van der Waals surface area contributed by atoms with Gasteiger partial charge in [-0.3, -0.25) is 4.79 Å². The van der Waals surface area contributed by atoms with Crippen molar-refractivity contribution in [2.45, 2.75) is 25.5 Å². The molecule has 0 bridgehead atoms. The van der Waals surface area contributed by atoms with Gasteiger partial charge in [0.25, 0.3) is 5.91 Å². The topological polar surface area (TPSA) is 77.8 Å². The molecule has 1 aromatic rings. The van der Waals surface area contributed by atoms with Gasteiger partial charge in [-0.15, -0.1) is 0 Å². The van der Waals surface area contributed by atoms with Crippen LogP contribution in [0.25, 0.3) is 0 Å². The summed E-state index contributed by atoms with van der Waals surface area (Å²) >= 11 is 6.07. The number of halogens is 1. The molecule has 102 valence electrons. The number of aliphatic hydroxyl groups is 1. The van der Waals surface area contributed by atoms with Crippen LogP contribution < -0.4 is 0 Å². The lowest BCUT2D eigenvalue weighted by molar-refractivity contribution is -0.141. The maximum atomic E-state index is 12.3. The van der Waals surface area contributed by atoms with Crippen molar-refractivity contribution in [2.75, 3.05) is 6.54 Å². The summed E-state index contributed by atoms with van der Waals surface area (Å²) in [6, 6.07) is 4.02. The van der Waals surface area contributed by atoms with E-state index in [-0.39, 0.29) is 18.5 Å². The van der Waals surface area contributed by atoms with E-state index in [1.54, 1.807) is 25.1 Å². The summed E-state index contributed by atoms with van der Waals surface area (Å²) < 4.78 is 0. The molecule has 0 aromatic heterocycles. The average molecular weight is 284 g/mol. The number of β-amino-alcohol motifs (C(OH)–C–C–N with tert-alkyl or cyclic N) is 1. The monoisotopic (exact) mass is 283 g/mol. The Morgan fingerprint density at radius 1 is 1.42 bits per heavy atom. The number of amides is 1. The van der Waals surface area contributed by atoms with E-state index in [1.807, 2.05) is 0 Å². The van der Waals surface area contributed by atoms with E-state index in [0.29, 0.717) is 5.02 Å². The Labute approximate surface area is 115 Å². The van der Waals surface area contributed by atoms with Gasteiger partial charge in [-0.1, -0.05) is 23.7 Å². The van der Waals surface area contributed by atoms with Crippen LogP contribution in [0.3, 0.4) is 0 Å². The highest BCUT2D eigenvalue weighted by Gasteiger charge is 2.39. The third kappa shape index (κ3) is 2.57. The van der Waals surface area contributed by atoms with E-state index in [0.717, 1.165) is 10.5 Å². The maximum Gasteiger partial charge on any atom is 0.326 e. The fourth-order valence-corrected chi connectivity index (χ4v) is 2.45. The fourth-order valence-electron chi connectivity index (χ4n) is 2.24. The van der Waals surface area contributed by atoms with E-state index in [9.17, 15) is 14.7 Å². The summed E-state index contributed by atoms with van der Waals surface area (Å²) in [5.74, 6) is -1.58. The Bertz CT molecular complexity index is 531. The predicted molar refractivity (Wildman–Crippen MR) is 69.3 cm³/mol. The Hall–Kier alpha value is -1.59. The molecule has 0 unspecified atom stereocenters. The molecule has 0 saturated carbocycles. The first-order valence-corrected chi connectivity index (χ1v) is 6.26. The second-order valence-corrected chi connectivity index (χ2v) is 5.02. The van der Waals surface area contributed by atoms with Crippen molar-refractivity contribution in [3.63, 3.8) is 0 Å². The molecule has 2 atom stereocenters. The number of carbonyl (C=O) groups excluding carboxylic acids is 1. The number of aryl methyl sites for hydroxylation is 1. The first-order valence-electron chi connectivity index (χ1n) is 5.88. The van der Waals surface area contributed by atoms with Crippen LogP contribution in [0, 0.1) is 6.92 Å². The zero-order valence-electron chi connectivity index (χ0n) is 10.3. The third-order valence-corrected chi connectivity index (χ3v) is 3.75. The van der Waals surface area contributed by atoms with Crippen molar-refractivity contribution < 1.29 is 19.8 Å². The molecule has 0 spiro atoms. The second kappa shape index (κ2) is 5.19. The van der Waals surface area contributed by atoms with E-state index >= 15 is 0 Å². The number of hydrogen-bond donors (Lipinski definition) is 2. The van der Waals surface area contributed by atoms with E-state index in [1.165, 1.54) is 0 Å².